The van der Waals surface area contributed by atoms with Crippen molar-refractivity contribution < 1.29 is 0 Å². The second-order valence-corrected chi connectivity index (χ2v) is 14.5. The minimum absolute atomic E-state index is 0.675. The average molecular weight is 700 g/mol. The number of hydrogen-bond acceptors (Lipinski definition) is 4. The van der Waals surface area contributed by atoms with Crippen LogP contribution in [0.2, 0.25) is 0 Å². The Labute approximate surface area is 317 Å². The van der Waals surface area contributed by atoms with Crippen molar-refractivity contribution >= 4 is 11.6 Å². The van der Waals surface area contributed by atoms with Gasteiger partial charge in [-0.25, -0.2) is 15.0 Å². The summed E-state index contributed by atoms with van der Waals surface area (Å²) in [6.45, 7) is 0. The number of likely N-dealkylation sites (tertiary alicyclic amines) is 1. The van der Waals surface area contributed by atoms with Crippen LogP contribution in [-0.2, 0) is 6.42 Å². The monoisotopic (exact) mass is 699 g/mol. The zero-order chi connectivity index (χ0) is 35.8. The van der Waals surface area contributed by atoms with Gasteiger partial charge in [-0.1, -0.05) is 109 Å². The summed E-state index contributed by atoms with van der Waals surface area (Å²) in [5.74, 6) is 2.07. The van der Waals surface area contributed by atoms with Crippen molar-refractivity contribution in [2.45, 2.75) is 51.4 Å². The van der Waals surface area contributed by atoms with E-state index in [-0.39, 0.29) is 0 Å². The molecule has 10 rings (SSSR count). The number of aromatic nitrogens is 4. The summed E-state index contributed by atoms with van der Waals surface area (Å²) in [6.07, 6.45) is 33.8. The van der Waals surface area contributed by atoms with Gasteiger partial charge in [0.05, 0.1) is 0 Å². The van der Waals surface area contributed by atoms with Crippen molar-refractivity contribution in [3.63, 3.8) is 0 Å². The Balaban J connectivity index is 1.02. The van der Waals surface area contributed by atoms with E-state index >= 15 is 0 Å². The number of fused-ring (bicyclic) bond motifs is 2. The van der Waals surface area contributed by atoms with Gasteiger partial charge in [0.1, 0.15) is 0 Å². The van der Waals surface area contributed by atoms with E-state index in [0.717, 1.165) is 84.9 Å². The largest absolute Gasteiger partial charge is 0.320 e. The fraction of sp³-hybridized carbons (Fsp3) is 0.163. The highest BCUT2D eigenvalue weighted by Crippen LogP contribution is 2.46. The molecule has 0 saturated carbocycles. The van der Waals surface area contributed by atoms with Crippen LogP contribution in [0, 0.1) is 0 Å². The van der Waals surface area contributed by atoms with Crippen LogP contribution in [0.5, 0.6) is 0 Å². The van der Waals surface area contributed by atoms with Gasteiger partial charge >= 0.3 is 0 Å². The van der Waals surface area contributed by atoms with Gasteiger partial charge in [-0.15, -0.1) is 0 Å². The molecule has 0 amide bonds. The van der Waals surface area contributed by atoms with Crippen molar-refractivity contribution in [1.82, 2.24) is 24.4 Å². The molecule has 262 valence electrons. The van der Waals surface area contributed by atoms with E-state index in [1.54, 1.807) is 0 Å². The van der Waals surface area contributed by atoms with Crippen molar-refractivity contribution in [1.29, 1.82) is 0 Å². The summed E-state index contributed by atoms with van der Waals surface area (Å²) in [5.41, 5.74) is 16.0. The van der Waals surface area contributed by atoms with E-state index in [1.807, 2.05) is 18.2 Å². The number of hydrogen-bond donors (Lipinski definition) is 0. The van der Waals surface area contributed by atoms with Crippen LogP contribution in [0.3, 0.4) is 0 Å². The maximum atomic E-state index is 5.02. The summed E-state index contributed by atoms with van der Waals surface area (Å²) in [5, 5.41) is 0. The van der Waals surface area contributed by atoms with Crippen molar-refractivity contribution in [2.24, 2.45) is 0 Å². The van der Waals surface area contributed by atoms with E-state index < -0.39 is 0 Å². The highest BCUT2D eigenvalue weighted by Gasteiger charge is 2.33. The van der Waals surface area contributed by atoms with Crippen LogP contribution in [0.15, 0.2) is 174 Å². The lowest BCUT2D eigenvalue weighted by Crippen LogP contribution is -2.16. The SMILES string of the molecule is C1=CC(c2nc(-c3ccccc3)nc(-c3cccc(-c4cccc(-n5ccc6c5C/C=C\C5=C7CC(=C6)N(C6=CCCC=C6)C7=CCC5)c4)c3)n2)=CCC1. The first-order chi connectivity index (χ1) is 26.7. The topological polar surface area (TPSA) is 46.8 Å². The second-order valence-electron chi connectivity index (χ2n) is 14.5. The van der Waals surface area contributed by atoms with E-state index in [0.29, 0.717) is 17.5 Å². The molecule has 3 heterocycles. The van der Waals surface area contributed by atoms with Crippen LogP contribution in [0.1, 0.15) is 62.0 Å². The van der Waals surface area contributed by atoms with Gasteiger partial charge in [0.15, 0.2) is 17.5 Å². The molecule has 5 nitrogen and oxygen atoms in total. The third-order valence-electron chi connectivity index (χ3n) is 11.0. The highest BCUT2D eigenvalue weighted by molar-refractivity contribution is 5.76. The van der Waals surface area contributed by atoms with Gasteiger partial charge < -0.3 is 9.47 Å². The molecule has 1 aliphatic heterocycles. The highest BCUT2D eigenvalue weighted by atomic mass is 15.2. The molecule has 0 radical (unpaired) electrons. The minimum Gasteiger partial charge on any atom is -0.320 e. The molecule has 2 bridgehead atoms. The summed E-state index contributed by atoms with van der Waals surface area (Å²) in [6, 6.07) is 30.0. The number of benzene rings is 3. The van der Waals surface area contributed by atoms with Gasteiger partial charge in [0.2, 0.25) is 0 Å². The molecule has 0 atom stereocenters. The quantitative estimate of drug-likeness (QED) is 0.177. The molecular formula is C49H41N5. The van der Waals surface area contributed by atoms with Gasteiger partial charge in [-0.2, -0.15) is 0 Å². The lowest BCUT2D eigenvalue weighted by atomic mass is 9.93. The zero-order valence-corrected chi connectivity index (χ0v) is 30.3. The van der Waals surface area contributed by atoms with Crippen LogP contribution >= 0.6 is 0 Å². The first-order valence-electron chi connectivity index (χ1n) is 19.3. The smallest absolute Gasteiger partial charge is 0.164 e. The van der Waals surface area contributed by atoms with Crippen LogP contribution in [0.25, 0.3) is 51.2 Å². The Morgan fingerprint density at radius 3 is 2.17 bits per heavy atom. The lowest BCUT2D eigenvalue weighted by Gasteiger charge is -2.26. The molecular weight excluding hydrogens is 659 g/mol. The first kappa shape index (κ1) is 32.3. The van der Waals surface area contributed by atoms with Crippen molar-refractivity contribution in [3.05, 3.63) is 191 Å². The van der Waals surface area contributed by atoms with E-state index in [1.165, 1.54) is 39.5 Å². The normalized spacial score (nSPS) is 18.1. The Bertz CT molecular complexity index is 2550. The molecule has 5 heteroatoms. The van der Waals surface area contributed by atoms with Gasteiger partial charge in [-0.05, 0) is 103 Å². The van der Waals surface area contributed by atoms with E-state index in [9.17, 15) is 0 Å². The number of nitrogens with zero attached hydrogens (tertiary/aromatic N) is 5. The second kappa shape index (κ2) is 13.9. The third kappa shape index (κ3) is 6.06. The number of allylic oxidation sites excluding steroid dienone is 13. The predicted octanol–water partition coefficient (Wildman–Crippen LogP) is 11.8. The Kier molecular flexibility index (Phi) is 8.32. The molecule has 0 spiro atoms. The fourth-order valence-electron chi connectivity index (χ4n) is 8.38. The van der Waals surface area contributed by atoms with Gasteiger partial charge in [-0.3, -0.25) is 0 Å². The first-order valence-corrected chi connectivity index (χ1v) is 19.3. The molecule has 1 fully saturated rings. The van der Waals surface area contributed by atoms with E-state index in [4.69, 9.17) is 15.0 Å². The molecule has 0 unspecified atom stereocenters. The van der Waals surface area contributed by atoms with Crippen LogP contribution in [0.4, 0.5) is 0 Å². The summed E-state index contributed by atoms with van der Waals surface area (Å²) in [4.78, 5) is 17.5. The predicted molar refractivity (Wildman–Crippen MR) is 220 cm³/mol. The molecule has 2 aromatic heterocycles. The number of rotatable bonds is 6. The fourth-order valence-corrected chi connectivity index (χ4v) is 8.38. The van der Waals surface area contributed by atoms with Crippen molar-refractivity contribution in [2.75, 3.05) is 0 Å². The van der Waals surface area contributed by atoms with Gasteiger partial charge in [0, 0.05) is 64.2 Å². The van der Waals surface area contributed by atoms with Gasteiger partial charge in [0.25, 0.3) is 0 Å². The van der Waals surface area contributed by atoms with Crippen molar-refractivity contribution in [3.8, 4) is 39.6 Å². The molecule has 54 heavy (non-hydrogen) atoms. The van der Waals surface area contributed by atoms with E-state index in [2.05, 4.69) is 143 Å². The molecule has 4 aliphatic carbocycles. The average Bonchev–Trinajstić information content (AvgIpc) is 3.83. The molecule has 1 saturated heterocycles. The van der Waals surface area contributed by atoms with Crippen LogP contribution < -0.4 is 0 Å². The van der Waals surface area contributed by atoms with Crippen LogP contribution in [-0.4, -0.2) is 24.4 Å². The standard InChI is InChI=1S/C49H41N5/c1-4-14-35(15-5-1)47-50-48(36-16-6-2-7-17-36)52-49(51-47)40-22-10-20-37(30-40)38-21-11-25-42(31-38)53-29-28-39-32-43-33-44-34(18-12-26-45(39)53)19-13-27-46(44)54(43)41-23-8-3-9-24-41/h1,4-6,8,10-12,14-18,20-25,27-32H,2-3,7,9,13,19,26,33H2/b18-12-,43-32?. The lowest BCUT2D eigenvalue weighted by molar-refractivity contribution is 0.579. The minimum atomic E-state index is 0.675. The molecule has 5 aliphatic rings. The summed E-state index contributed by atoms with van der Waals surface area (Å²) in [7, 11) is 0. The Morgan fingerprint density at radius 2 is 1.33 bits per heavy atom. The maximum Gasteiger partial charge on any atom is 0.164 e. The zero-order valence-electron chi connectivity index (χ0n) is 30.3. The molecule has 0 N–H and O–H groups in total. The Hall–Kier alpha value is -6.33. The third-order valence-corrected chi connectivity index (χ3v) is 11.0. The summed E-state index contributed by atoms with van der Waals surface area (Å²) < 4.78 is 2.38. The maximum absolute atomic E-state index is 5.02. The summed E-state index contributed by atoms with van der Waals surface area (Å²) >= 11 is 0. The molecule has 5 aromatic rings. The Morgan fingerprint density at radius 1 is 0.574 bits per heavy atom. The molecule has 3 aromatic carbocycles.